The molecule has 1 rings (SSSR count). The maximum atomic E-state index is 11.2. The minimum Gasteiger partial charge on any atom is -0.496 e. The number of ether oxygens (including phenoxy) is 1. The van der Waals surface area contributed by atoms with Crippen LogP contribution in [-0.2, 0) is 0 Å². The van der Waals surface area contributed by atoms with Crippen LogP contribution in [0.2, 0.25) is 0 Å². The number of hydrogen-bond acceptors (Lipinski definition) is 2. The van der Waals surface area contributed by atoms with Gasteiger partial charge in [-0.15, -0.1) is 0 Å². The first kappa shape index (κ1) is 10.4. The van der Waals surface area contributed by atoms with Gasteiger partial charge in [-0.3, -0.25) is 10.1 Å². The highest BCUT2D eigenvalue weighted by Crippen LogP contribution is 2.25. The minimum atomic E-state index is -0.519. The first-order chi connectivity index (χ1) is 6.70. The predicted octanol–water partition coefficient (Wildman–Crippen LogP) is 1.05. The van der Waals surface area contributed by atoms with Gasteiger partial charge in [0.25, 0.3) is 5.91 Å². The molecule has 1 amide bonds. The van der Waals surface area contributed by atoms with Gasteiger partial charge >= 0.3 is 0 Å². The number of methoxy groups -OCH3 is 1. The predicted molar refractivity (Wildman–Crippen MR) is 53.8 cm³/mol. The van der Waals surface area contributed by atoms with Crippen molar-refractivity contribution in [2.75, 3.05) is 13.7 Å². The molecule has 0 saturated carbocycles. The SMILES string of the molecule is CC[N]c1cccc(OC)c1C(N)=O. The van der Waals surface area contributed by atoms with Crippen molar-refractivity contribution < 1.29 is 9.53 Å². The topological polar surface area (TPSA) is 66.4 Å². The molecule has 4 heteroatoms. The Morgan fingerprint density at radius 3 is 2.79 bits per heavy atom. The smallest absolute Gasteiger partial charge is 0.254 e. The van der Waals surface area contributed by atoms with E-state index in [9.17, 15) is 4.79 Å². The molecule has 2 N–H and O–H groups in total. The Labute approximate surface area is 83.1 Å². The minimum absolute atomic E-state index is 0.344. The van der Waals surface area contributed by atoms with Crippen molar-refractivity contribution in [1.82, 2.24) is 5.32 Å². The zero-order valence-electron chi connectivity index (χ0n) is 8.28. The van der Waals surface area contributed by atoms with Crippen molar-refractivity contribution in [2.45, 2.75) is 6.92 Å². The van der Waals surface area contributed by atoms with Gasteiger partial charge in [0.05, 0.1) is 12.8 Å². The Balaban J connectivity index is 3.20. The maximum Gasteiger partial charge on any atom is 0.254 e. The monoisotopic (exact) mass is 193 g/mol. The van der Waals surface area contributed by atoms with Gasteiger partial charge in [-0.05, 0) is 19.1 Å². The molecule has 0 spiro atoms. The summed E-state index contributed by atoms with van der Waals surface area (Å²) in [5.41, 5.74) is 6.17. The van der Waals surface area contributed by atoms with Gasteiger partial charge in [0.15, 0.2) is 0 Å². The van der Waals surface area contributed by atoms with Crippen LogP contribution in [0.3, 0.4) is 0 Å². The van der Waals surface area contributed by atoms with Crippen molar-refractivity contribution in [3.8, 4) is 5.75 Å². The highest BCUT2D eigenvalue weighted by Gasteiger charge is 2.14. The van der Waals surface area contributed by atoms with Crippen LogP contribution in [0, 0.1) is 0 Å². The number of carbonyl (C=O) groups is 1. The molecule has 0 aliphatic carbocycles. The Kier molecular flexibility index (Phi) is 3.34. The van der Waals surface area contributed by atoms with Crippen LogP contribution in [-0.4, -0.2) is 19.6 Å². The molecule has 0 saturated heterocycles. The molecule has 0 fully saturated rings. The second-order valence-corrected chi connectivity index (χ2v) is 2.69. The molecular weight excluding hydrogens is 180 g/mol. The van der Waals surface area contributed by atoms with Crippen molar-refractivity contribution >= 4 is 11.6 Å². The molecular formula is C10H13N2O2. The van der Waals surface area contributed by atoms with Crippen molar-refractivity contribution in [2.24, 2.45) is 5.73 Å². The fourth-order valence-corrected chi connectivity index (χ4v) is 1.24. The zero-order valence-corrected chi connectivity index (χ0v) is 8.28. The van der Waals surface area contributed by atoms with E-state index in [1.54, 1.807) is 18.2 Å². The molecule has 75 valence electrons. The van der Waals surface area contributed by atoms with E-state index < -0.39 is 5.91 Å². The number of carbonyl (C=O) groups excluding carboxylic acids is 1. The fraction of sp³-hybridized carbons (Fsp3) is 0.300. The molecule has 0 atom stereocenters. The standard InChI is InChI=1S/C10H13N2O2/c1-3-12-7-5-4-6-8(14-2)9(7)10(11)13/h4-6H,3H2,1-2H3,(H2,11,13). The van der Waals surface area contributed by atoms with E-state index in [-0.39, 0.29) is 0 Å². The average molecular weight is 193 g/mol. The third kappa shape index (κ3) is 1.96. The summed E-state index contributed by atoms with van der Waals surface area (Å²) in [7, 11) is 1.50. The molecule has 1 radical (unpaired) electrons. The molecule has 0 heterocycles. The molecule has 0 bridgehead atoms. The third-order valence-corrected chi connectivity index (χ3v) is 1.80. The number of benzene rings is 1. The summed E-state index contributed by atoms with van der Waals surface area (Å²) in [4.78, 5) is 11.2. The first-order valence-corrected chi connectivity index (χ1v) is 4.35. The van der Waals surface area contributed by atoms with E-state index in [4.69, 9.17) is 10.5 Å². The maximum absolute atomic E-state index is 11.2. The second kappa shape index (κ2) is 4.50. The van der Waals surface area contributed by atoms with Gasteiger partial charge in [-0.2, -0.15) is 0 Å². The number of nitrogens with zero attached hydrogens (tertiary/aromatic N) is 1. The van der Waals surface area contributed by atoms with Gasteiger partial charge < -0.3 is 10.5 Å². The Hall–Kier alpha value is -1.71. The van der Waals surface area contributed by atoms with E-state index in [0.29, 0.717) is 23.5 Å². The second-order valence-electron chi connectivity index (χ2n) is 2.69. The van der Waals surface area contributed by atoms with Crippen LogP contribution >= 0.6 is 0 Å². The number of rotatable bonds is 4. The number of nitrogens with two attached hydrogens (primary N) is 1. The summed E-state index contributed by atoms with van der Waals surface area (Å²) in [6.07, 6.45) is 0. The van der Waals surface area contributed by atoms with E-state index in [1.165, 1.54) is 7.11 Å². The van der Waals surface area contributed by atoms with Gasteiger partial charge in [0, 0.05) is 6.54 Å². The highest BCUT2D eigenvalue weighted by atomic mass is 16.5. The van der Waals surface area contributed by atoms with Crippen LogP contribution in [0.4, 0.5) is 5.69 Å². The summed E-state index contributed by atoms with van der Waals surface area (Å²) in [5.74, 6) is -0.0538. The number of hydrogen-bond donors (Lipinski definition) is 1. The van der Waals surface area contributed by atoms with Crippen LogP contribution in [0.5, 0.6) is 5.75 Å². The van der Waals surface area contributed by atoms with Crippen LogP contribution in [0.15, 0.2) is 18.2 Å². The molecule has 4 nitrogen and oxygen atoms in total. The van der Waals surface area contributed by atoms with Crippen LogP contribution in [0.1, 0.15) is 17.3 Å². The zero-order chi connectivity index (χ0) is 10.6. The van der Waals surface area contributed by atoms with Crippen LogP contribution in [0.25, 0.3) is 0 Å². The molecule has 0 unspecified atom stereocenters. The Bertz CT molecular complexity index is 337. The van der Waals surface area contributed by atoms with E-state index in [0.717, 1.165) is 0 Å². The lowest BCUT2D eigenvalue weighted by Gasteiger charge is -2.09. The summed E-state index contributed by atoms with van der Waals surface area (Å²) in [6, 6.07) is 5.21. The Morgan fingerprint density at radius 1 is 1.57 bits per heavy atom. The summed E-state index contributed by atoms with van der Waals surface area (Å²) in [6.45, 7) is 2.50. The van der Waals surface area contributed by atoms with Gasteiger partial charge in [0.2, 0.25) is 0 Å². The third-order valence-electron chi connectivity index (χ3n) is 1.80. The molecule has 14 heavy (non-hydrogen) atoms. The summed E-state index contributed by atoms with van der Waals surface area (Å²) < 4.78 is 5.03. The fourth-order valence-electron chi connectivity index (χ4n) is 1.24. The van der Waals surface area contributed by atoms with Gasteiger partial charge in [0.1, 0.15) is 11.3 Å². The molecule has 0 aliphatic rings. The largest absolute Gasteiger partial charge is 0.496 e. The highest BCUT2D eigenvalue weighted by molar-refractivity contribution is 6.00. The lowest BCUT2D eigenvalue weighted by atomic mass is 10.1. The molecule has 1 aromatic carbocycles. The molecule has 1 aromatic rings. The van der Waals surface area contributed by atoms with Crippen LogP contribution < -0.4 is 15.8 Å². The molecule has 0 aromatic heterocycles. The average Bonchev–Trinajstić information content (AvgIpc) is 2.17. The van der Waals surface area contributed by atoms with E-state index in [1.807, 2.05) is 6.92 Å². The van der Waals surface area contributed by atoms with E-state index >= 15 is 0 Å². The lowest BCUT2D eigenvalue weighted by molar-refractivity contribution is 0.0998. The van der Waals surface area contributed by atoms with Gasteiger partial charge in [-0.1, -0.05) is 6.07 Å². The summed E-state index contributed by atoms with van der Waals surface area (Å²) >= 11 is 0. The van der Waals surface area contributed by atoms with Crippen molar-refractivity contribution in [1.29, 1.82) is 0 Å². The quantitative estimate of drug-likeness (QED) is 0.776. The van der Waals surface area contributed by atoms with E-state index in [2.05, 4.69) is 5.32 Å². The van der Waals surface area contributed by atoms with Gasteiger partial charge in [-0.25, -0.2) is 0 Å². The van der Waals surface area contributed by atoms with Crippen molar-refractivity contribution in [3.05, 3.63) is 23.8 Å². The first-order valence-electron chi connectivity index (χ1n) is 4.35. The number of amides is 1. The normalized spacial score (nSPS) is 9.57. The van der Waals surface area contributed by atoms with Crippen molar-refractivity contribution in [3.63, 3.8) is 0 Å². The Morgan fingerprint density at radius 2 is 2.29 bits per heavy atom. The molecule has 0 aliphatic heterocycles. The summed E-state index contributed by atoms with van der Waals surface area (Å²) in [5, 5.41) is 4.16. The lowest BCUT2D eigenvalue weighted by Crippen LogP contribution is -2.15. The number of primary amides is 1.